The summed E-state index contributed by atoms with van der Waals surface area (Å²) in [5.41, 5.74) is 5.03. The van der Waals surface area contributed by atoms with E-state index < -0.39 is 11.7 Å². The number of rotatable bonds is 9. The van der Waals surface area contributed by atoms with E-state index in [4.69, 9.17) is 9.47 Å². The molecule has 1 N–H and O–H groups in total. The number of hydrogen-bond donors (Lipinski definition) is 1. The van der Waals surface area contributed by atoms with Gasteiger partial charge in [-0.25, -0.2) is 0 Å². The van der Waals surface area contributed by atoms with Gasteiger partial charge in [0.2, 0.25) is 0 Å². The zero-order valence-corrected chi connectivity index (χ0v) is 21.2. The van der Waals surface area contributed by atoms with Gasteiger partial charge in [-0.2, -0.15) is 0 Å². The highest BCUT2D eigenvalue weighted by Gasteiger charge is 2.24. The second-order valence-corrected chi connectivity index (χ2v) is 8.86. The monoisotopic (exact) mass is 505 g/mol. The minimum absolute atomic E-state index is 0.323. The lowest BCUT2D eigenvalue weighted by atomic mass is 10.0. The molecule has 7 nitrogen and oxygen atoms in total. The first-order valence-electron chi connectivity index (χ1n) is 12.3. The van der Waals surface area contributed by atoms with Gasteiger partial charge in [-0.05, 0) is 61.9 Å². The lowest BCUT2D eigenvalue weighted by Crippen LogP contribution is -2.24. The number of Topliss-reactive ketones (excluding diaryl/α,β-unsaturated/α-hetero) is 1. The Hall–Kier alpha value is -4.91. The van der Waals surface area contributed by atoms with Crippen LogP contribution in [0.2, 0.25) is 0 Å². The summed E-state index contributed by atoms with van der Waals surface area (Å²) in [6, 6.07) is 27.8. The van der Waals surface area contributed by atoms with Gasteiger partial charge in [0.05, 0.1) is 0 Å². The summed E-state index contributed by atoms with van der Waals surface area (Å²) in [6.07, 6.45) is 1.79. The third kappa shape index (κ3) is 5.57. The van der Waals surface area contributed by atoms with Crippen molar-refractivity contribution in [2.24, 2.45) is 0 Å². The van der Waals surface area contributed by atoms with Crippen molar-refractivity contribution in [1.82, 2.24) is 9.38 Å². The summed E-state index contributed by atoms with van der Waals surface area (Å²) in [5.74, 6) is 0.0571. The molecule has 0 atom stereocenters. The molecule has 0 radical (unpaired) electrons. The number of aryl methyl sites for hydroxylation is 2. The van der Waals surface area contributed by atoms with Crippen molar-refractivity contribution in [2.75, 3.05) is 18.5 Å². The molecule has 0 saturated heterocycles. The van der Waals surface area contributed by atoms with E-state index >= 15 is 0 Å². The summed E-state index contributed by atoms with van der Waals surface area (Å²) in [6.45, 7) is 4.58. The number of ether oxygens (including phenoxy) is 2. The third-order valence-electron chi connectivity index (χ3n) is 5.97. The van der Waals surface area contributed by atoms with Gasteiger partial charge in [0.15, 0.2) is 0 Å². The van der Waals surface area contributed by atoms with Crippen LogP contribution in [0.25, 0.3) is 16.6 Å². The van der Waals surface area contributed by atoms with Crippen LogP contribution in [0.4, 0.5) is 5.69 Å². The smallest absolute Gasteiger partial charge is 0.298 e. The molecule has 190 valence electrons. The topological polar surface area (TPSA) is 81.9 Å². The Morgan fingerprint density at radius 3 is 2.16 bits per heavy atom. The Bertz CT molecular complexity index is 1570. The fourth-order valence-electron chi connectivity index (χ4n) is 4.32. The van der Waals surface area contributed by atoms with E-state index in [2.05, 4.69) is 10.3 Å². The highest BCUT2D eigenvalue weighted by Crippen LogP contribution is 2.28. The van der Waals surface area contributed by atoms with E-state index in [0.717, 1.165) is 28.2 Å². The van der Waals surface area contributed by atoms with E-state index in [-0.39, 0.29) is 0 Å². The summed E-state index contributed by atoms with van der Waals surface area (Å²) in [7, 11) is 0. The van der Waals surface area contributed by atoms with Crippen molar-refractivity contribution < 1.29 is 19.1 Å². The van der Waals surface area contributed by atoms with Crippen LogP contribution in [0.5, 0.6) is 11.5 Å². The predicted octanol–water partition coefficient (Wildman–Crippen LogP) is 5.90. The number of aromatic nitrogens is 2. The lowest BCUT2D eigenvalue weighted by Gasteiger charge is -2.10. The molecule has 0 aliphatic heterocycles. The zero-order chi connectivity index (χ0) is 26.5. The number of fused-ring (bicyclic) bond motifs is 1. The molecular weight excluding hydrogens is 478 g/mol. The maximum absolute atomic E-state index is 13.3. The molecule has 0 fully saturated rings. The molecule has 3 heterocycles. The van der Waals surface area contributed by atoms with E-state index in [9.17, 15) is 9.59 Å². The van der Waals surface area contributed by atoms with Gasteiger partial charge in [0.1, 0.15) is 30.4 Å². The van der Waals surface area contributed by atoms with E-state index in [1.165, 1.54) is 0 Å². The average molecular weight is 506 g/mol. The van der Waals surface area contributed by atoms with Crippen molar-refractivity contribution in [2.45, 2.75) is 13.8 Å². The number of amides is 1. The van der Waals surface area contributed by atoms with Gasteiger partial charge in [0, 0.05) is 46.5 Å². The van der Waals surface area contributed by atoms with Gasteiger partial charge in [-0.15, -0.1) is 0 Å². The Kier molecular flexibility index (Phi) is 7.17. The van der Waals surface area contributed by atoms with Gasteiger partial charge in [-0.3, -0.25) is 14.6 Å². The quantitative estimate of drug-likeness (QED) is 0.153. The van der Waals surface area contributed by atoms with Crippen LogP contribution >= 0.6 is 0 Å². The van der Waals surface area contributed by atoms with Crippen LogP contribution in [0.15, 0.2) is 97.2 Å². The highest BCUT2D eigenvalue weighted by molar-refractivity contribution is 6.47. The molecule has 0 aliphatic carbocycles. The molecule has 2 aromatic carbocycles. The number of ketones is 1. The van der Waals surface area contributed by atoms with Gasteiger partial charge in [0.25, 0.3) is 11.7 Å². The standard InChI is InChI=1S/C31H27N3O4/c1-21-18-27(19-22(2)32-21)38-17-16-37-26-13-11-24(12-14-26)33-31(36)30(35)29-28(23-8-4-3-5-9-23)20-25-10-6-7-15-34(25)29/h3-15,18-20H,16-17H2,1-2H3,(H,33,36). The van der Waals surface area contributed by atoms with Crippen LogP contribution < -0.4 is 14.8 Å². The Balaban J connectivity index is 1.23. The normalized spacial score (nSPS) is 10.8. The number of anilines is 1. The Morgan fingerprint density at radius 1 is 0.789 bits per heavy atom. The molecule has 0 bridgehead atoms. The summed E-state index contributed by atoms with van der Waals surface area (Å²) < 4.78 is 13.2. The van der Waals surface area contributed by atoms with Crippen LogP contribution in [0, 0.1) is 13.8 Å². The molecule has 5 rings (SSSR count). The third-order valence-corrected chi connectivity index (χ3v) is 5.97. The maximum Gasteiger partial charge on any atom is 0.298 e. The molecule has 0 unspecified atom stereocenters. The van der Waals surface area contributed by atoms with Crippen molar-refractivity contribution in [3.8, 4) is 22.6 Å². The van der Waals surface area contributed by atoms with Gasteiger partial charge >= 0.3 is 0 Å². The Morgan fingerprint density at radius 2 is 1.45 bits per heavy atom. The van der Waals surface area contributed by atoms with E-state index in [1.54, 1.807) is 34.9 Å². The van der Waals surface area contributed by atoms with E-state index in [1.807, 2.05) is 80.6 Å². The number of carbonyl (C=O) groups is 2. The van der Waals surface area contributed by atoms with Crippen molar-refractivity contribution in [3.05, 3.63) is 114 Å². The van der Waals surface area contributed by atoms with Crippen molar-refractivity contribution >= 4 is 22.9 Å². The van der Waals surface area contributed by atoms with Crippen LogP contribution in [0.3, 0.4) is 0 Å². The van der Waals surface area contributed by atoms with Gasteiger partial charge in [-0.1, -0.05) is 36.4 Å². The number of pyridine rings is 2. The zero-order valence-electron chi connectivity index (χ0n) is 21.2. The number of nitrogens with zero attached hydrogens (tertiary/aromatic N) is 2. The lowest BCUT2D eigenvalue weighted by molar-refractivity contribution is -0.112. The second kappa shape index (κ2) is 11.0. The molecule has 3 aromatic heterocycles. The second-order valence-electron chi connectivity index (χ2n) is 8.86. The maximum atomic E-state index is 13.3. The van der Waals surface area contributed by atoms with Crippen molar-refractivity contribution in [3.63, 3.8) is 0 Å². The van der Waals surface area contributed by atoms with E-state index in [0.29, 0.717) is 35.9 Å². The van der Waals surface area contributed by atoms with Crippen molar-refractivity contribution in [1.29, 1.82) is 0 Å². The molecule has 1 amide bonds. The SMILES string of the molecule is Cc1cc(OCCOc2ccc(NC(=O)C(=O)c3c(-c4ccccc4)cc4ccccn34)cc2)cc(C)n1. The fraction of sp³-hybridized carbons (Fsp3) is 0.129. The van der Waals surface area contributed by atoms with Crippen LogP contribution in [-0.2, 0) is 4.79 Å². The summed E-state index contributed by atoms with van der Waals surface area (Å²) in [5, 5.41) is 2.71. The minimum atomic E-state index is -0.712. The van der Waals surface area contributed by atoms with Gasteiger partial charge < -0.3 is 19.2 Å². The highest BCUT2D eigenvalue weighted by atomic mass is 16.5. The molecular formula is C31H27N3O4. The first-order chi connectivity index (χ1) is 18.5. The first kappa shape index (κ1) is 24.8. The number of hydrogen-bond acceptors (Lipinski definition) is 5. The molecule has 0 aliphatic rings. The van der Waals surface area contributed by atoms with Crippen LogP contribution in [0.1, 0.15) is 21.9 Å². The fourth-order valence-corrected chi connectivity index (χ4v) is 4.32. The molecule has 5 aromatic rings. The molecule has 38 heavy (non-hydrogen) atoms. The largest absolute Gasteiger partial charge is 0.490 e. The Labute approximate surface area is 220 Å². The summed E-state index contributed by atoms with van der Waals surface area (Å²) >= 11 is 0. The summed E-state index contributed by atoms with van der Waals surface area (Å²) in [4.78, 5) is 30.7. The molecule has 0 saturated carbocycles. The molecule has 0 spiro atoms. The first-order valence-corrected chi connectivity index (χ1v) is 12.3. The number of carbonyl (C=O) groups excluding carboxylic acids is 2. The average Bonchev–Trinajstić information content (AvgIpc) is 3.31. The number of nitrogens with one attached hydrogen (secondary N) is 1. The van der Waals surface area contributed by atoms with Crippen LogP contribution in [-0.4, -0.2) is 34.3 Å². The molecule has 7 heteroatoms. The number of benzene rings is 2. The minimum Gasteiger partial charge on any atom is -0.490 e. The predicted molar refractivity (Wildman–Crippen MR) is 147 cm³/mol.